The number of likely N-dealkylation sites (tertiary alicyclic amines) is 1. The molecule has 1 aliphatic heterocycles. The molecule has 1 heterocycles. The zero-order chi connectivity index (χ0) is 20.5. The number of halogens is 4. The highest BCUT2D eigenvalue weighted by Gasteiger charge is 2.29. The van der Waals surface area contributed by atoms with Gasteiger partial charge in [0.05, 0.1) is 10.5 Å². The largest absolute Gasteiger partial charge is 0.338 e. The van der Waals surface area contributed by atoms with Gasteiger partial charge < -0.3 is 4.90 Å². The van der Waals surface area contributed by atoms with E-state index in [0.29, 0.717) is 23.9 Å². The number of amides is 1. The molecule has 150 valence electrons. The molecular weight excluding hydrogens is 417 g/mol. The van der Waals surface area contributed by atoms with Crippen LogP contribution < -0.4 is 4.72 Å². The molecule has 28 heavy (non-hydrogen) atoms. The smallest absolute Gasteiger partial charge is 0.256 e. The maximum atomic E-state index is 13.8. The molecule has 2 aromatic rings. The molecule has 5 nitrogen and oxygen atoms in total. The summed E-state index contributed by atoms with van der Waals surface area (Å²) < 4.78 is 67.6. The first-order valence-electron chi connectivity index (χ1n) is 8.39. The van der Waals surface area contributed by atoms with Gasteiger partial charge in [-0.2, -0.15) is 0 Å². The lowest BCUT2D eigenvalue weighted by atomic mass is 10.0. The number of sulfonamides is 1. The molecule has 0 aromatic heterocycles. The fourth-order valence-corrected chi connectivity index (χ4v) is 4.39. The predicted octanol–water partition coefficient (Wildman–Crippen LogP) is 3.34. The molecule has 2 aromatic carbocycles. The second-order valence-electron chi connectivity index (χ2n) is 6.36. The highest BCUT2D eigenvalue weighted by molar-refractivity contribution is 7.89. The summed E-state index contributed by atoms with van der Waals surface area (Å²) >= 11 is 5.76. The summed E-state index contributed by atoms with van der Waals surface area (Å²) in [6, 6.07) is 6.87. The van der Waals surface area contributed by atoms with Gasteiger partial charge in [0, 0.05) is 24.2 Å². The van der Waals surface area contributed by atoms with Crippen molar-refractivity contribution >= 4 is 27.5 Å². The Bertz CT molecular complexity index is 992. The molecule has 1 saturated heterocycles. The lowest BCUT2D eigenvalue weighted by Crippen LogP contribution is -2.46. The Morgan fingerprint density at radius 2 is 1.61 bits per heavy atom. The van der Waals surface area contributed by atoms with Gasteiger partial charge in [-0.05, 0) is 49.2 Å². The van der Waals surface area contributed by atoms with Crippen LogP contribution in [0.15, 0.2) is 41.3 Å². The second-order valence-corrected chi connectivity index (χ2v) is 8.52. The van der Waals surface area contributed by atoms with Crippen molar-refractivity contribution in [3.05, 3.63) is 64.4 Å². The van der Waals surface area contributed by atoms with Crippen LogP contribution in [0, 0.1) is 17.5 Å². The lowest BCUT2D eigenvalue weighted by molar-refractivity contribution is 0.0705. The number of carbonyl (C=O) groups excluding carboxylic acids is 1. The summed E-state index contributed by atoms with van der Waals surface area (Å²) in [6.07, 6.45) is 0.591. The van der Waals surface area contributed by atoms with Crippen LogP contribution in [-0.2, 0) is 10.0 Å². The van der Waals surface area contributed by atoms with E-state index < -0.39 is 45.0 Å². The fourth-order valence-electron chi connectivity index (χ4n) is 2.96. The van der Waals surface area contributed by atoms with E-state index in [4.69, 9.17) is 11.6 Å². The van der Waals surface area contributed by atoms with Gasteiger partial charge >= 0.3 is 0 Å². The van der Waals surface area contributed by atoms with E-state index in [-0.39, 0.29) is 18.0 Å². The Hall–Kier alpha value is -2.10. The molecule has 0 radical (unpaired) electrons. The van der Waals surface area contributed by atoms with Crippen molar-refractivity contribution in [1.82, 2.24) is 9.62 Å². The minimum absolute atomic E-state index is 0.0688. The number of hydrogen-bond acceptors (Lipinski definition) is 3. The van der Waals surface area contributed by atoms with Crippen LogP contribution in [0.25, 0.3) is 0 Å². The van der Waals surface area contributed by atoms with Gasteiger partial charge in [-0.1, -0.05) is 11.6 Å². The molecule has 1 fully saturated rings. The molecule has 1 N–H and O–H groups in total. The first kappa shape index (κ1) is 20.6. The monoisotopic (exact) mass is 432 g/mol. The molecule has 0 spiro atoms. The number of nitrogens with zero attached hydrogens (tertiary/aromatic N) is 1. The Balaban J connectivity index is 1.64. The molecule has 0 bridgehead atoms. The normalized spacial score (nSPS) is 15.6. The molecule has 0 saturated carbocycles. The maximum Gasteiger partial charge on any atom is 0.256 e. The molecule has 3 rings (SSSR count). The molecule has 1 amide bonds. The van der Waals surface area contributed by atoms with Crippen molar-refractivity contribution in [3.63, 3.8) is 0 Å². The third kappa shape index (κ3) is 4.31. The van der Waals surface area contributed by atoms with Gasteiger partial charge in [0.1, 0.15) is 0 Å². The van der Waals surface area contributed by atoms with Crippen LogP contribution in [0.4, 0.5) is 13.2 Å². The first-order chi connectivity index (χ1) is 13.2. The number of rotatable bonds is 4. The number of piperidine rings is 1. The average molecular weight is 433 g/mol. The van der Waals surface area contributed by atoms with E-state index in [1.54, 1.807) is 0 Å². The lowest BCUT2D eigenvalue weighted by Gasteiger charge is -2.32. The number of hydrogen-bond donors (Lipinski definition) is 1. The zero-order valence-corrected chi connectivity index (χ0v) is 16.0. The summed E-state index contributed by atoms with van der Waals surface area (Å²) in [5, 5.41) is 0.412. The Morgan fingerprint density at radius 3 is 2.21 bits per heavy atom. The number of carbonyl (C=O) groups is 1. The summed E-state index contributed by atoms with van der Waals surface area (Å²) in [4.78, 5) is 13.7. The molecule has 0 unspecified atom stereocenters. The van der Waals surface area contributed by atoms with Crippen molar-refractivity contribution < 1.29 is 26.4 Å². The summed E-state index contributed by atoms with van der Waals surface area (Å²) in [5.41, 5.74) is -0.556. The van der Waals surface area contributed by atoms with Gasteiger partial charge in [0.15, 0.2) is 17.5 Å². The highest BCUT2D eigenvalue weighted by atomic mass is 35.5. The van der Waals surface area contributed by atoms with Crippen LogP contribution in [0.3, 0.4) is 0 Å². The molecule has 1 aliphatic rings. The number of benzene rings is 2. The van der Waals surface area contributed by atoms with E-state index in [9.17, 15) is 26.4 Å². The van der Waals surface area contributed by atoms with Gasteiger partial charge in [0.2, 0.25) is 10.0 Å². The first-order valence-corrected chi connectivity index (χ1v) is 10.3. The van der Waals surface area contributed by atoms with Crippen molar-refractivity contribution in [1.29, 1.82) is 0 Å². The second kappa shape index (κ2) is 8.10. The standard InChI is InChI=1S/C18H16ClF3N2O3S/c19-11-1-3-13(4-2-11)28(26,27)23-12-7-9-24(10-8-12)18(25)14-5-6-15(20)17(22)16(14)21/h1-6,12,23H,7-10H2. The van der Waals surface area contributed by atoms with Crippen LogP contribution in [0.1, 0.15) is 23.2 Å². The highest BCUT2D eigenvalue weighted by Crippen LogP contribution is 2.21. The number of nitrogens with one attached hydrogen (secondary N) is 1. The molecular formula is C18H16ClF3N2O3S. The minimum Gasteiger partial charge on any atom is -0.338 e. The minimum atomic E-state index is -3.75. The van der Waals surface area contributed by atoms with Gasteiger partial charge in [0.25, 0.3) is 5.91 Å². The molecule has 0 aliphatic carbocycles. The van der Waals surface area contributed by atoms with E-state index in [2.05, 4.69) is 4.72 Å². The summed E-state index contributed by atoms with van der Waals surface area (Å²) in [5.74, 6) is -5.37. The fraction of sp³-hybridized carbons (Fsp3) is 0.278. The van der Waals surface area contributed by atoms with Crippen molar-refractivity contribution in [2.45, 2.75) is 23.8 Å². The third-order valence-corrected chi connectivity index (χ3v) is 6.28. The zero-order valence-electron chi connectivity index (χ0n) is 14.5. The van der Waals surface area contributed by atoms with E-state index in [1.165, 1.54) is 29.2 Å². The van der Waals surface area contributed by atoms with Crippen molar-refractivity contribution in [2.75, 3.05) is 13.1 Å². The van der Waals surface area contributed by atoms with Gasteiger partial charge in [-0.3, -0.25) is 4.79 Å². The van der Waals surface area contributed by atoms with Crippen molar-refractivity contribution in [3.8, 4) is 0 Å². The van der Waals surface area contributed by atoms with Crippen LogP contribution in [-0.4, -0.2) is 38.4 Å². The Labute approximate surface area is 165 Å². The van der Waals surface area contributed by atoms with Crippen molar-refractivity contribution in [2.24, 2.45) is 0 Å². The summed E-state index contributed by atoms with van der Waals surface area (Å²) in [6.45, 7) is 0.288. The average Bonchev–Trinajstić information content (AvgIpc) is 2.66. The third-order valence-electron chi connectivity index (χ3n) is 4.49. The molecule has 0 atom stereocenters. The Morgan fingerprint density at radius 1 is 1.00 bits per heavy atom. The van der Waals surface area contributed by atoms with E-state index in [0.717, 1.165) is 6.07 Å². The van der Waals surface area contributed by atoms with E-state index >= 15 is 0 Å². The Kier molecular flexibility index (Phi) is 5.97. The maximum absolute atomic E-state index is 13.8. The summed E-state index contributed by atoms with van der Waals surface area (Å²) in [7, 11) is -3.75. The topological polar surface area (TPSA) is 66.5 Å². The quantitative estimate of drug-likeness (QED) is 0.753. The van der Waals surface area contributed by atoms with Crippen LogP contribution >= 0.6 is 11.6 Å². The SMILES string of the molecule is O=C(c1ccc(F)c(F)c1F)N1CCC(NS(=O)(=O)c2ccc(Cl)cc2)CC1. The van der Waals surface area contributed by atoms with Crippen LogP contribution in [0.5, 0.6) is 0 Å². The van der Waals surface area contributed by atoms with Gasteiger partial charge in [-0.15, -0.1) is 0 Å². The predicted molar refractivity (Wildman–Crippen MR) is 97.0 cm³/mol. The molecule has 10 heteroatoms. The van der Waals surface area contributed by atoms with Crippen LogP contribution in [0.2, 0.25) is 5.02 Å². The van der Waals surface area contributed by atoms with E-state index in [1.807, 2.05) is 0 Å². The van der Waals surface area contributed by atoms with Gasteiger partial charge in [-0.25, -0.2) is 26.3 Å².